The second-order valence-corrected chi connectivity index (χ2v) is 5.84. The minimum absolute atomic E-state index is 0.305. The quantitative estimate of drug-likeness (QED) is 0.794. The van der Waals surface area contributed by atoms with Crippen molar-refractivity contribution in [2.75, 3.05) is 19.7 Å². The fourth-order valence-corrected chi connectivity index (χ4v) is 2.05. The third kappa shape index (κ3) is 3.93. The molecule has 0 radical (unpaired) electrons. The summed E-state index contributed by atoms with van der Waals surface area (Å²) in [7, 11) is 0. The molecule has 1 heterocycles. The summed E-state index contributed by atoms with van der Waals surface area (Å²) in [6.07, 6.45) is -0.672. The highest BCUT2D eigenvalue weighted by molar-refractivity contribution is 5.68. The van der Waals surface area contributed by atoms with Crippen molar-refractivity contribution in [2.45, 2.75) is 32.5 Å². The molecule has 0 aromatic heterocycles. The van der Waals surface area contributed by atoms with Gasteiger partial charge in [-0.25, -0.2) is 9.18 Å². The first-order valence-electron chi connectivity index (χ1n) is 6.70. The van der Waals surface area contributed by atoms with Gasteiger partial charge < -0.3 is 14.4 Å². The van der Waals surface area contributed by atoms with Gasteiger partial charge in [0.05, 0.1) is 13.2 Å². The second kappa shape index (κ2) is 5.79. The summed E-state index contributed by atoms with van der Waals surface area (Å²) in [6, 6.07) is 6.26. The first kappa shape index (κ1) is 14.8. The topological polar surface area (TPSA) is 38.8 Å². The number of hydrogen-bond donors (Lipinski definition) is 0. The first-order chi connectivity index (χ1) is 9.35. The molecule has 1 saturated heterocycles. The van der Waals surface area contributed by atoms with E-state index in [9.17, 15) is 9.18 Å². The molecule has 5 heteroatoms. The van der Waals surface area contributed by atoms with Crippen molar-refractivity contribution < 1.29 is 18.7 Å². The zero-order chi connectivity index (χ0) is 14.8. The van der Waals surface area contributed by atoms with E-state index in [4.69, 9.17) is 9.47 Å². The van der Waals surface area contributed by atoms with E-state index in [0.29, 0.717) is 19.7 Å². The van der Waals surface area contributed by atoms with Gasteiger partial charge in [-0.15, -0.1) is 0 Å². The molecular formula is C15H20FNO3. The molecule has 1 aliphatic rings. The first-order valence-corrected chi connectivity index (χ1v) is 6.70. The fraction of sp³-hybridized carbons (Fsp3) is 0.533. The molecule has 4 nitrogen and oxygen atoms in total. The van der Waals surface area contributed by atoms with E-state index in [1.54, 1.807) is 17.0 Å². The molecule has 0 saturated carbocycles. The van der Waals surface area contributed by atoms with E-state index in [1.807, 2.05) is 20.8 Å². The number of rotatable bonds is 1. The summed E-state index contributed by atoms with van der Waals surface area (Å²) in [6.45, 7) is 6.76. The van der Waals surface area contributed by atoms with E-state index in [2.05, 4.69) is 0 Å². The molecule has 0 aliphatic carbocycles. The highest BCUT2D eigenvalue weighted by Crippen LogP contribution is 2.24. The largest absolute Gasteiger partial charge is 0.444 e. The van der Waals surface area contributed by atoms with Gasteiger partial charge in [0, 0.05) is 6.54 Å². The normalized spacial score (nSPS) is 19.8. The number of ether oxygens (including phenoxy) is 2. The molecule has 1 aliphatic heterocycles. The number of carbonyl (C=O) groups excluding carboxylic acids is 1. The van der Waals surface area contributed by atoms with Crippen LogP contribution in [0.1, 0.15) is 32.4 Å². The van der Waals surface area contributed by atoms with E-state index in [1.165, 1.54) is 12.1 Å². The summed E-state index contributed by atoms with van der Waals surface area (Å²) in [5.74, 6) is -0.305. The molecular weight excluding hydrogens is 261 g/mol. The van der Waals surface area contributed by atoms with E-state index in [-0.39, 0.29) is 18.0 Å². The van der Waals surface area contributed by atoms with Crippen LogP contribution in [0, 0.1) is 5.82 Å². The summed E-state index contributed by atoms with van der Waals surface area (Å²) >= 11 is 0. The average Bonchev–Trinajstić information content (AvgIpc) is 2.37. The lowest BCUT2D eigenvalue weighted by Gasteiger charge is -2.34. The monoisotopic (exact) mass is 281 g/mol. The Morgan fingerprint density at radius 2 is 2.20 bits per heavy atom. The Hall–Kier alpha value is -1.62. The van der Waals surface area contributed by atoms with Gasteiger partial charge in [-0.1, -0.05) is 12.1 Å². The van der Waals surface area contributed by atoms with Crippen molar-refractivity contribution in [3.8, 4) is 0 Å². The SMILES string of the molecule is CC(C)(C)OC(=O)N1CCO[C@@H](c2cccc(F)c2)C1. The van der Waals surface area contributed by atoms with Crippen LogP contribution < -0.4 is 0 Å². The molecule has 0 unspecified atom stereocenters. The van der Waals surface area contributed by atoms with Gasteiger partial charge in [0.2, 0.25) is 0 Å². The summed E-state index contributed by atoms with van der Waals surface area (Å²) in [5, 5.41) is 0. The maximum absolute atomic E-state index is 13.2. The smallest absolute Gasteiger partial charge is 0.410 e. The molecule has 20 heavy (non-hydrogen) atoms. The number of halogens is 1. The fourth-order valence-electron chi connectivity index (χ4n) is 2.05. The highest BCUT2D eigenvalue weighted by Gasteiger charge is 2.28. The van der Waals surface area contributed by atoms with Crippen LogP contribution in [0.5, 0.6) is 0 Å². The van der Waals surface area contributed by atoms with E-state index >= 15 is 0 Å². The Labute approximate surface area is 118 Å². The van der Waals surface area contributed by atoms with Crippen LogP contribution in [-0.2, 0) is 9.47 Å². The van der Waals surface area contributed by atoms with Gasteiger partial charge in [-0.3, -0.25) is 0 Å². The molecule has 2 rings (SSSR count). The zero-order valence-electron chi connectivity index (χ0n) is 12.1. The second-order valence-electron chi connectivity index (χ2n) is 5.84. The van der Waals surface area contributed by atoms with Crippen LogP contribution in [0.3, 0.4) is 0 Å². The lowest BCUT2D eigenvalue weighted by molar-refractivity contribution is -0.0433. The van der Waals surface area contributed by atoms with Crippen molar-refractivity contribution >= 4 is 6.09 Å². The third-order valence-electron chi connectivity index (χ3n) is 2.94. The Morgan fingerprint density at radius 3 is 2.85 bits per heavy atom. The van der Waals surface area contributed by atoms with Crippen molar-refractivity contribution in [1.29, 1.82) is 0 Å². The number of benzene rings is 1. The molecule has 1 aromatic rings. The molecule has 0 spiro atoms. The van der Waals surface area contributed by atoms with E-state index in [0.717, 1.165) is 5.56 Å². The highest BCUT2D eigenvalue weighted by atomic mass is 19.1. The summed E-state index contributed by atoms with van der Waals surface area (Å²) < 4.78 is 24.2. The Morgan fingerprint density at radius 1 is 1.45 bits per heavy atom. The Kier molecular flexibility index (Phi) is 4.28. The summed E-state index contributed by atoms with van der Waals surface area (Å²) in [4.78, 5) is 13.6. The lowest BCUT2D eigenvalue weighted by Crippen LogP contribution is -2.44. The van der Waals surface area contributed by atoms with Crippen LogP contribution in [-0.4, -0.2) is 36.3 Å². The van der Waals surface area contributed by atoms with Crippen molar-refractivity contribution in [1.82, 2.24) is 4.90 Å². The van der Waals surface area contributed by atoms with Gasteiger partial charge in [0.15, 0.2) is 0 Å². The average molecular weight is 281 g/mol. The third-order valence-corrected chi connectivity index (χ3v) is 2.94. The molecule has 110 valence electrons. The maximum Gasteiger partial charge on any atom is 0.410 e. The van der Waals surface area contributed by atoms with Crippen LogP contribution >= 0.6 is 0 Å². The van der Waals surface area contributed by atoms with E-state index < -0.39 is 5.60 Å². The zero-order valence-corrected chi connectivity index (χ0v) is 12.1. The van der Waals surface area contributed by atoms with Gasteiger partial charge >= 0.3 is 6.09 Å². The molecule has 1 aromatic carbocycles. The van der Waals surface area contributed by atoms with Crippen molar-refractivity contribution in [2.24, 2.45) is 0 Å². The standard InChI is InChI=1S/C15H20FNO3/c1-15(2,3)20-14(18)17-7-8-19-13(10-17)11-5-4-6-12(16)9-11/h4-6,9,13H,7-8,10H2,1-3H3/t13-/m1/s1. The Bertz CT molecular complexity index is 484. The maximum atomic E-state index is 13.2. The van der Waals surface area contributed by atoms with Gasteiger partial charge in [0.1, 0.15) is 17.5 Å². The molecule has 0 bridgehead atoms. The number of amides is 1. The van der Waals surface area contributed by atoms with Gasteiger partial charge in [-0.2, -0.15) is 0 Å². The number of hydrogen-bond acceptors (Lipinski definition) is 3. The number of morpholine rings is 1. The van der Waals surface area contributed by atoms with Crippen LogP contribution in [0.4, 0.5) is 9.18 Å². The number of nitrogens with zero attached hydrogens (tertiary/aromatic N) is 1. The predicted octanol–water partition coefficient (Wildman–Crippen LogP) is 3.13. The van der Waals surface area contributed by atoms with Crippen LogP contribution in [0.25, 0.3) is 0 Å². The molecule has 1 fully saturated rings. The van der Waals surface area contributed by atoms with Crippen LogP contribution in [0.15, 0.2) is 24.3 Å². The lowest BCUT2D eigenvalue weighted by atomic mass is 10.1. The van der Waals surface area contributed by atoms with Gasteiger partial charge in [0.25, 0.3) is 0 Å². The summed E-state index contributed by atoms with van der Waals surface area (Å²) in [5.41, 5.74) is 0.210. The van der Waals surface area contributed by atoms with Crippen molar-refractivity contribution in [3.63, 3.8) is 0 Å². The Balaban J connectivity index is 2.03. The van der Waals surface area contributed by atoms with Gasteiger partial charge in [-0.05, 0) is 38.5 Å². The minimum Gasteiger partial charge on any atom is -0.444 e. The number of carbonyl (C=O) groups is 1. The van der Waals surface area contributed by atoms with Crippen LogP contribution in [0.2, 0.25) is 0 Å². The minimum atomic E-state index is -0.524. The molecule has 1 amide bonds. The molecule has 0 N–H and O–H groups in total. The molecule has 1 atom stereocenters. The predicted molar refractivity (Wildman–Crippen MR) is 72.9 cm³/mol. The van der Waals surface area contributed by atoms with Crippen molar-refractivity contribution in [3.05, 3.63) is 35.6 Å².